The molecule has 5 aromatic carbocycles. The van der Waals surface area contributed by atoms with Crippen molar-refractivity contribution >= 4 is 15.4 Å². The van der Waals surface area contributed by atoms with Gasteiger partial charge >= 0.3 is 137 Å². The molecule has 248 valence electrons. The molecule has 1 aliphatic rings. The Morgan fingerprint density at radius 2 is 1.23 bits per heavy atom. The molecule has 0 bridgehead atoms. The van der Waals surface area contributed by atoms with E-state index >= 15 is 0 Å². The molecule has 0 atom stereocenters. The van der Waals surface area contributed by atoms with Crippen LogP contribution in [0.2, 0.25) is 0 Å². The Kier molecular flexibility index (Phi) is 14.7. The van der Waals surface area contributed by atoms with Crippen molar-refractivity contribution < 1.29 is 75.4 Å². The van der Waals surface area contributed by atoms with Crippen molar-refractivity contribution in [2.45, 2.75) is 32.6 Å². The van der Waals surface area contributed by atoms with E-state index in [4.69, 9.17) is 0 Å². The topological polar surface area (TPSA) is 0 Å². The molecule has 0 heterocycles. The van der Waals surface area contributed by atoms with Gasteiger partial charge in [-0.15, -0.1) is 23.8 Å². The average Bonchev–Trinajstić information content (AvgIpc) is 3.60. The summed E-state index contributed by atoms with van der Waals surface area (Å²) in [4.78, 5) is 0. The molecule has 1 aliphatic carbocycles. The second-order valence-corrected chi connectivity index (χ2v) is 12.0. The zero-order valence-electron chi connectivity index (χ0n) is 26.0. The molecule has 0 radical (unpaired) electrons. The fourth-order valence-corrected chi connectivity index (χ4v) is 5.72. The second-order valence-electron chi connectivity index (χ2n) is 10.8. The maximum absolute atomic E-state index is 12.5. The van der Waals surface area contributed by atoms with Gasteiger partial charge in [-0.1, -0.05) is 55.8 Å². The van der Waals surface area contributed by atoms with Crippen LogP contribution in [-0.2, 0) is 43.0 Å². The van der Waals surface area contributed by atoms with Gasteiger partial charge in [-0.3, -0.25) is 0 Å². The molecule has 0 aromatic heterocycles. The summed E-state index contributed by atoms with van der Waals surface area (Å²) in [7, 11) is 0. The van der Waals surface area contributed by atoms with Crippen LogP contribution in [0, 0.1) is 19.9 Å². The van der Waals surface area contributed by atoms with E-state index in [0.29, 0.717) is 14.3 Å². The number of rotatable bonds is 4. The van der Waals surface area contributed by atoms with E-state index in [1.807, 2.05) is 18.2 Å². The molecule has 0 N–H and O–H groups in total. The number of benzene rings is 4. The molecule has 0 unspecified atom stereocenters. The maximum atomic E-state index is 12.5. The first-order chi connectivity index (χ1) is 21.7. The monoisotopic (exact) mass is 772 g/mol. The van der Waals surface area contributed by atoms with Crippen molar-refractivity contribution in [2.24, 2.45) is 0 Å². The second kappa shape index (κ2) is 17.3. The van der Waals surface area contributed by atoms with Crippen LogP contribution in [0.4, 0.5) is 26.3 Å². The molecule has 0 amide bonds. The molecule has 0 saturated carbocycles. The Bertz CT molecular complexity index is 1720. The van der Waals surface area contributed by atoms with E-state index in [1.54, 1.807) is 0 Å². The van der Waals surface area contributed by atoms with Crippen molar-refractivity contribution in [2.75, 3.05) is 0 Å². The van der Waals surface area contributed by atoms with E-state index in [9.17, 15) is 26.3 Å². The quantitative estimate of drug-likeness (QED) is 0.171. The third-order valence-corrected chi connectivity index (χ3v) is 8.80. The summed E-state index contributed by atoms with van der Waals surface area (Å²) in [6.07, 6.45) is -4.08. The average molecular weight is 775 g/mol. The summed E-state index contributed by atoms with van der Waals surface area (Å²) >= 11 is 0.898. The molecule has 0 nitrogen and oxygen atoms in total. The standard InChI is InChI=1S/C17H13.C15H8F6.C7H9.2ClH.Zr/c1-3-12-5-7-14-11-15-8-6-13(4-2)10-17(15)16(14)9-12;16-14(17,18)12-5-1-10(2-6-12)9-11-3-7-13(8-4-11)15(19,20)21;1-6-3-4-7(2)5-6;;;/h3-7,9-10H,1-2,11H2;1-8H;3-5H,1-2H3;2*1H;/q-1;;-1;;;+2/p-2. The van der Waals surface area contributed by atoms with Gasteiger partial charge in [-0.2, -0.15) is 41.5 Å². The van der Waals surface area contributed by atoms with Crippen molar-refractivity contribution in [3.63, 3.8) is 0 Å². The van der Waals surface area contributed by atoms with Crippen LogP contribution in [0.1, 0.15) is 55.6 Å². The fourth-order valence-electron chi connectivity index (χ4n) is 4.90. The van der Waals surface area contributed by atoms with Gasteiger partial charge in [-0.05, 0) is 12.0 Å². The van der Waals surface area contributed by atoms with Gasteiger partial charge in [0.1, 0.15) is 0 Å². The minimum absolute atomic E-state index is 0. The third-order valence-electron chi connectivity index (χ3n) is 7.38. The summed E-state index contributed by atoms with van der Waals surface area (Å²) in [5, 5.41) is 0. The smallest absolute Gasteiger partial charge is 1.00 e. The number of fused-ring (bicyclic) bond motifs is 3. The Morgan fingerprint density at radius 3 is 1.62 bits per heavy atom. The van der Waals surface area contributed by atoms with Crippen molar-refractivity contribution in [1.82, 2.24) is 0 Å². The van der Waals surface area contributed by atoms with E-state index in [-0.39, 0.29) is 24.8 Å². The maximum Gasteiger partial charge on any atom is -1.00 e. The number of hydrogen-bond donors (Lipinski definition) is 0. The van der Waals surface area contributed by atoms with E-state index in [2.05, 4.69) is 75.5 Å². The molecule has 48 heavy (non-hydrogen) atoms. The van der Waals surface area contributed by atoms with Crippen LogP contribution in [0.3, 0.4) is 0 Å². The summed E-state index contributed by atoms with van der Waals surface area (Å²) in [5.74, 6) is 0. The van der Waals surface area contributed by atoms with Gasteiger partial charge in [0, 0.05) is 0 Å². The van der Waals surface area contributed by atoms with E-state index < -0.39 is 23.5 Å². The van der Waals surface area contributed by atoms with Crippen molar-refractivity contribution in [3.8, 4) is 11.1 Å². The normalized spacial score (nSPS) is 11.2. The number of alkyl halides is 6. The molecule has 5 aromatic rings. The minimum Gasteiger partial charge on any atom is -1.00 e. The van der Waals surface area contributed by atoms with Crippen LogP contribution in [0.15, 0.2) is 110 Å². The fraction of sp³-hybridized carbons (Fsp3) is 0.128. The van der Waals surface area contributed by atoms with Gasteiger partial charge in [0.2, 0.25) is 0 Å². The van der Waals surface area contributed by atoms with E-state index in [0.717, 1.165) is 60.5 Å². The number of aryl methyl sites for hydroxylation is 2. The molecule has 0 fully saturated rings. The van der Waals surface area contributed by atoms with Gasteiger partial charge < -0.3 is 24.8 Å². The van der Waals surface area contributed by atoms with Crippen LogP contribution in [0.5, 0.6) is 0 Å². The number of hydrogen-bond acceptors (Lipinski definition) is 0. The van der Waals surface area contributed by atoms with Gasteiger partial charge in [0.25, 0.3) is 0 Å². The predicted octanol–water partition coefficient (Wildman–Crippen LogP) is 5.21. The summed E-state index contributed by atoms with van der Waals surface area (Å²) in [6, 6.07) is 29.6. The first-order valence-corrected chi connectivity index (χ1v) is 15.5. The number of halogens is 8. The summed E-state index contributed by atoms with van der Waals surface area (Å²) in [6.45, 7) is 11.8. The molecular weight excluding hydrogens is 745 g/mol. The molecule has 0 aliphatic heterocycles. The first kappa shape index (κ1) is 40.8. The van der Waals surface area contributed by atoms with Gasteiger partial charge in [0.05, 0.1) is 0 Å². The van der Waals surface area contributed by atoms with Crippen molar-refractivity contribution in [3.05, 3.63) is 172 Å². The SMILES string of the molecule is C=Cc1c[c-]c2c(c1)-c1cc(C=C)ccc1C2.Cc1c[cH-]c(C)c1.FC(F)(F)c1ccc([C](=[Zr+2])c2ccc(C(F)(F)F)cc2)cc1.[Cl-].[Cl-]. The van der Waals surface area contributed by atoms with Crippen LogP contribution >= 0.6 is 0 Å². The first-order valence-electron chi connectivity index (χ1n) is 14.3. The zero-order valence-corrected chi connectivity index (χ0v) is 30.0. The van der Waals surface area contributed by atoms with E-state index in [1.165, 1.54) is 63.2 Å². The summed E-state index contributed by atoms with van der Waals surface area (Å²) < 4.78 is 75.6. The van der Waals surface area contributed by atoms with Crippen LogP contribution in [0.25, 0.3) is 23.3 Å². The molecular formula is C39H30Cl2F6Zr-2. The van der Waals surface area contributed by atoms with Gasteiger partial charge in [-0.25, -0.2) is 11.6 Å². The van der Waals surface area contributed by atoms with Crippen LogP contribution in [-0.4, -0.2) is 3.21 Å². The molecule has 9 heteroatoms. The molecule has 0 saturated heterocycles. The molecule has 0 spiro atoms. The largest absolute Gasteiger partial charge is 1.00 e. The zero-order chi connectivity index (χ0) is 33.6. The Hall–Kier alpha value is -3.38. The summed E-state index contributed by atoms with van der Waals surface area (Å²) in [5.41, 5.74) is 9.89. The Balaban J connectivity index is 0.000000272. The Labute approximate surface area is 304 Å². The molecule has 6 rings (SSSR count). The Morgan fingerprint density at radius 1 is 0.729 bits per heavy atom. The minimum atomic E-state index is -4.41. The van der Waals surface area contributed by atoms with Gasteiger partial charge in [0.15, 0.2) is 0 Å². The van der Waals surface area contributed by atoms with Crippen LogP contribution < -0.4 is 24.8 Å². The predicted molar refractivity (Wildman–Crippen MR) is 171 cm³/mol. The van der Waals surface area contributed by atoms with Crippen molar-refractivity contribution in [1.29, 1.82) is 0 Å². The third kappa shape index (κ3) is 10.6.